The normalized spacial score (nSPS) is 15.4. The highest BCUT2D eigenvalue weighted by atomic mass is 16.2. The molecule has 26 heavy (non-hydrogen) atoms. The van der Waals surface area contributed by atoms with Gasteiger partial charge in [0.15, 0.2) is 5.65 Å². The van der Waals surface area contributed by atoms with Gasteiger partial charge >= 0.3 is 0 Å². The molecule has 1 saturated carbocycles. The Morgan fingerprint density at radius 1 is 1.15 bits per heavy atom. The molecule has 0 spiro atoms. The van der Waals surface area contributed by atoms with Crippen molar-refractivity contribution in [3.63, 3.8) is 0 Å². The average molecular weight is 348 g/mol. The SMILES string of the molecule is CC(C)[C@H](C)N(C(=O)c1cnn2c(-c3ccccc3)ccnc12)C1CC1. The van der Waals surface area contributed by atoms with Crippen molar-refractivity contribution in [1.82, 2.24) is 19.5 Å². The van der Waals surface area contributed by atoms with Crippen LogP contribution in [0.3, 0.4) is 0 Å². The van der Waals surface area contributed by atoms with Gasteiger partial charge in [-0.05, 0) is 31.7 Å². The molecule has 4 rings (SSSR count). The first-order valence-corrected chi connectivity index (χ1v) is 9.28. The third-order valence-electron chi connectivity index (χ3n) is 5.28. The summed E-state index contributed by atoms with van der Waals surface area (Å²) >= 11 is 0. The number of carbonyl (C=O) groups is 1. The monoisotopic (exact) mass is 348 g/mol. The minimum atomic E-state index is 0.0430. The summed E-state index contributed by atoms with van der Waals surface area (Å²) in [7, 11) is 0. The summed E-state index contributed by atoms with van der Waals surface area (Å²) in [5.74, 6) is 0.454. The molecule has 1 aliphatic rings. The van der Waals surface area contributed by atoms with Crippen LogP contribution in [0, 0.1) is 5.92 Å². The summed E-state index contributed by atoms with van der Waals surface area (Å²) in [5.41, 5.74) is 3.20. The molecule has 0 radical (unpaired) electrons. The summed E-state index contributed by atoms with van der Waals surface area (Å²) in [6.07, 6.45) is 5.60. The van der Waals surface area contributed by atoms with E-state index in [4.69, 9.17) is 0 Å². The molecule has 0 unspecified atom stereocenters. The van der Waals surface area contributed by atoms with Crippen LogP contribution in [0.4, 0.5) is 0 Å². The molecule has 0 bridgehead atoms. The maximum Gasteiger partial charge on any atom is 0.259 e. The van der Waals surface area contributed by atoms with Crippen molar-refractivity contribution in [1.29, 1.82) is 0 Å². The maximum atomic E-state index is 13.3. The summed E-state index contributed by atoms with van der Waals surface area (Å²) in [6.45, 7) is 6.46. The van der Waals surface area contributed by atoms with E-state index in [0.717, 1.165) is 24.1 Å². The van der Waals surface area contributed by atoms with Crippen LogP contribution in [-0.4, -0.2) is 37.5 Å². The van der Waals surface area contributed by atoms with Gasteiger partial charge in [0.1, 0.15) is 5.56 Å². The molecule has 134 valence electrons. The molecule has 1 aliphatic carbocycles. The first-order valence-electron chi connectivity index (χ1n) is 9.28. The quantitative estimate of drug-likeness (QED) is 0.699. The lowest BCUT2D eigenvalue weighted by molar-refractivity contribution is 0.0629. The van der Waals surface area contributed by atoms with Crippen LogP contribution >= 0.6 is 0 Å². The fourth-order valence-electron chi connectivity index (χ4n) is 3.37. The van der Waals surface area contributed by atoms with E-state index in [1.165, 1.54) is 0 Å². The highest BCUT2D eigenvalue weighted by Gasteiger charge is 2.38. The Morgan fingerprint density at radius 2 is 1.88 bits per heavy atom. The molecular weight excluding hydrogens is 324 g/mol. The van der Waals surface area contributed by atoms with Gasteiger partial charge in [0.2, 0.25) is 0 Å². The van der Waals surface area contributed by atoms with Crippen molar-refractivity contribution in [2.75, 3.05) is 0 Å². The van der Waals surface area contributed by atoms with Crippen LogP contribution in [0.25, 0.3) is 16.9 Å². The zero-order valence-corrected chi connectivity index (χ0v) is 15.5. The van der Waals surface area contributed by atoms with Crippen LogP contribution in [-0.2, 0) is 0 Å². The van der Waals surface area contributed by atoms with Crippen LogP contribution < -0.4 is 0 Å². The second-order valence-electron chi connectivity index (χ2n) is 7.42. The first-order chi connectivity index (χ1) is 12.6. The van der Waals surface area contributed by atoms with Gasteiger partial charge in [-0.2, -0.15) is 5.10 Å². The van der Waals surface area contributed by atoms with Crippen LogP contribution in [0.5, 0.6) is 0 Å². The van der Waals surface area contributed by atoms with E-state index in [1.807, 2.05) is 41.3 Å². The molecular formula is C21H24N4O. The van der Waals surface area contributed by atoms with Crippen molar-refractivity contribution < 1.29 is 4.79 Å². The highest BCUT2D eigenvalue weighted by molar-refractivity contribution is 6.00. The number of hydrogen-bond acceptors (Lipinski definition) is 3. The molecule has 0 N–H and O–H groups in total. The predicted octanol–water partition coefficient (Wildman–Crippen LogP) is 4.05. The number of benzene rings is 1. The Labute approximate surface area is 153 Å². The molecule has 5 heteroatoms. The van der Waals surface area contributed by atoms with Crippen LogP contribution in [0.1, 0.15) is 44.0 Å². The van der Waals surface area contributed by atoms with Gasteiger partial charge in [0.25, 0.3) is 5.91 Å². The fraction of sp³-hybridized carbons (Fsp3) is 0.381. The van der Waals surface area contributed by atoms with Crippen molar-refractivity contribution in [2.24, 2.45) is 5.92 Å². The average Bonchev–Trinajstić information content (AvgIpc) is 3.39. The van der Waals surface area contributed by atoms with E-state index in [9.17, 15) is 4.79 Å². The predicted molar refractivity (Wildman–Crippen MR) is 102 cm³/mol. The Bertz CT molecular complexity index is 928. The fourth-order valence-corrected chi connectivity index (χ4v) is 3.37. The van der Waals surface area contributed by atoms with Gasteiger partial charge in [-0.25, -0.2) is 9.50 Å². The minimum Gasteiger partial charge on any atom is -0.333 e. The van der Waals surface area contributed by atoms with Gasteiger partial charge in [-0.15, -0.1) is 0 Å². The summed E-state index contributed by atoms with van der Waals surface area (Å²) in [4.78, 5) is 19.8. The standard InChI is InChI=1S/C21H24N4O/c1-14(2)15(3)24(17-9-10-17)21(26)18-13-23-25-19(11-12-22-20(18)25)16-7-5-4-6-8-16/h4-8,11-15,17H,9-10H2,1-3H3/t15-/m0/s1. The smallest absolute Gasteiger partial charge is 0.259 e. The molecule has 2 aromatic heterocycles. The molecule has 2 heterocycles. The van der Waals surface area contributed by atoms with E-state index in [0.29, 0.717) is 23.2 Å². The van der Waals surface area contributed by atoms with Gasteiger partial charge in [-0.1, -0.05) is 44.2 Å². The van der Waals surface area contributed by atoms with Gasteiger partial charge in [0.05, 0.1) is 11.9 Å². The van der Waals surface area contributed by atoms with Crippen molar-refractivity contribution in [2.45, 2.75) is 45.7 Å². The van der Waals surface area contributed by atoms with Gasteiger partial charge < -0.3 is 4.90 Å². The Kier molecular flexibility index (Phi) is 4.23. The zero-order chi connectivity index (χ0) is 18.3. The molecule has 5 nitrogen and oxygen atoms in total. The van der Waals surface area contributed by atoms with Crippen LogP contribution in [0.2, 0.25) is 0 Å². The first kappa shape index (κ1) is 16.8. The van der Waals surface area contributed by atoms with E-state index in [2.05, 4.69) is 30.9 Å². The molecule has 1 amide bonds. The van der Waals surface area contributed by atoms with Crippen molar-refractivity contribution in [3.05, 3.63) is 54.4 Å². The number of rotatable bonds is 5. The summed E-state index contributed by atoms with van der Waals surface area (Å²) in [6, 6.07) is 12.5. The molecule has 1 fully saturated rings. The summed E-state index contributed by atoms with van der Waals surface area (Å²) < 4.78 is 1.77. The topological polar surface area (TPSA) is 50.5 Å². The number of aromatic nitrogens is 3. The minimum absolute atomic E-state index is 0.0430. The number of carbonyl (C=O) groups excluding carboxylic acids is 1. The van der Waals surface area contributed by atoms with Crippen LogP contribution in [0.15, 0.2) is 48.8 Å². The second-order valence-corrected chi connectivity index (χ2v) is 7.42. The van der Waals surface area contributed by atoms with Gasteiger partial charge in [0, 0.05) is 23.8 Å². The lowest BCUT2D eigenvalue weighted by atomic mass is 10.0. The lowest BCUT2D eigenvalue weighted by Crippen LogP contribution is -2.43. The van der Waals surface area contributed by atoms with E-state index < -0.39 is 0 Å². The molecule has 1 aromatic carbocycles. The summed E-state index contributed by atoms with van der Waals surface area (Å²) in [5, 5.41) is 4.49. The molecule has 0 saturated heterocycles. The number of fused-ring (bicyclic) bond motifs is 1. The molecule has 1 atom stereocenters. The maximum absolute atomic E-state index is 13.3. The number of nitrogens with zero attached hydrogens (tertiary/aromatic N) is 4. The molecule has 0 aliphatic heterocycles. The Balaban J connectivity index is 1.77. The van der Waals surface area contributed by atoms with E-state index in [-0.39, 0.29) is 11.9 Å². The third kappa shape index (κ3) is 2.87. The molecule has 3 aromatic rings. The lowest BCUT2D eigenvalue weighted by Gasteiger charge is -2.31. The Morgan fingerprint density at radius 3 is 2.54 bits per heavy atom. The number of amides is 1. The largest absolute Gasteiger partial charge is 0.333 e. The van der Waals surface area contributed by atoms with E-state index >= 15 is 0 Å². The van der Waals surface area contributed by atoms with Gasteiger partial charge in [-0.3, -0.25) is 4.79 Å². The Hall–Kier alpha value is -2.69. The second kappa shape index (κ2) is 6.56. The highest BCUT2D eigenvalue weighted by Crippen LogP contribution is 2.33. The third-order valence-corrected chi connectivity index (χ3v) is 5.28. The van der Waals surface area contributed by atoms with Crippen molar-refractivity contribution in [3.8, 4) is 11.3 Å². The number of hydrogen-bond donors (Lipinski definition) is 0. The van der Waals surface area contributed by atoms with E-state index in [1.54, 1.807) is 16.9 Å². The zero-order valence-electron chi connectivity index (χ0n) is 15.5. The van der Waals surface area contributed by atoms with Crippen molar-refractivity contribution >= 4 is 11.6 Å².